The monoisotopic (exact) mass is 358 g/mol. The second-order valence-electron chi connectivity index (χ2n) is 6.55. The Labute approximate surface area is 153 Å². The number of para-hydroxylation sites is 1. The van der Waals surface area contributed by atoms with E-state index in [-0.39, 0.29) is 24.6 Å². The Balaban J connectivity index is 1.84. The fourth-order valence-corrected chi connectivity index (χ4v) is 3.64. The molecule has 0 saturated carbocycles. The van der Waals surface area contributed by atoms with Crippen molar-refractivity contribution in [1.29, 1.82) is 0 Å². The lowest BCUT2D eigenvalue weighted by Gasteiger charge is -2.24. The Bertz CT molecular complexity index is 796. The highest BCUT2D eigenvalue weighted by molar-refractivity contribution is 5.87. The number of nitrogens with one attached hydrogen (secondary N) is 1. The summed E-state index contributed by atoms with van der Waals surface area (Å²) in [5, 5.41) is 4.11. The molecule has 0 aliphatic heterocycles. The van der Waals surface area contributed by atoms with Gasteiger partial charge in [0.15, 0.2) is 0 Å². The molecule has 1 aromatic carbocycles. The van der Waals surface area contributed by atoms with Crippen LogP contribution in [0.5, 0.6) is 0 Å². The number of carbonyl (C=O) groups is 2. The second-order valence-corrected chi connectivity index (χ2v) is 6.55. The van der Waals surface area contributed by atoms with E-state index in [1.165, 1.54) is 11.3 Å². The number of aromatic nitrogens is 1. The molecule has 0 spiro atoms. The number of hydrogen-bond donors (Lipinski definition) is 1. The molecule has 1 heterocycles. The van der Waals surface area contributed by atoms with Crippen LogP contribution in [-0.4, -0.2) is 35.9 Å². The molecule has 0 unspecified atom stereocenters. The Kier molecular flexibility index (Phi) is 5.81. The van der Waals surface area contributed by atoms with E-state index in [1.807, 2.05) is 32.0 Å². The van der Waals surface area contributed by atoms with E-state index in [0.29, 0.717) is 13.2 Å². The van der Waals surface area contributed by atoms with Crippen LogP contribution in [0.15, 0.2) is 24.3 Å². The van der Waals surface area contributed by atoms with Crippen molar-refractivity contribution in [3.63, 3.8) is 0 Å². The number of esters is 1. The molecule has 140 valence electrons. The van der Waals surface area contributed by atoms with Gasteiger partial charge in [0, 0.05) is 22.6 Å². The van der Waals surface area contributed by atoms with Crippen molar-refractivity contribution in [3.05, 3.63) is 35.5 Å². The van der Waals surface area contributed by atoms with Crippen LogP contribution in [0.3, 0.4) is 0 Å². The van der Waals surface area contributed by atoms with Gasteiger partial charge in [-0.3, -0.25) is 4.79 Å². The number of rotatable bonds is 6. The van der Waals surface area contributed by atoms with Crippen molar-refractivity contribution >= 4 is 23.0 Å². The van der Waals surface area contributed by atoms with Crippen molar-refractivity contribution in [2.75, 3.05) is 13.2 Å². The summed E-state index contributed by atoms with van der Waals surface area (Å²) < 4.78 is 12.3. The SMILES string of the molecule is CCCOC(=O)N[C@@H]1CCc2c(c3ccccc3n2CC(=O)OCC)C1. The quantitative estimate of drug-likeness (QED) is 0.805. The lowest BCUT2D eigenvalue weighted by molar-refractivity contribution is -0.143. The maximum Gasteiger partial charge on any atom is 0.407 e. The summed E-state index contributed by atoms with van der Waals surface area (Å²) in [6.07, 6.45) is 2.84. The number of hydrogen-bond acceptors (Lipinski definition) is 4. The molecule has 2 aromatic rings. The van der Waals surface area contributed by atoms with Crippen LogP contribution >= 0.6 is 0 Å². The fourth-order valence-electron chi connectivity index (χ4n) is 3.64. The van der Waals surface area contributed by atoms with E-state index < -0.39 is 0 Å². The van der Waals surface area contributed by atoms with Crippen molar-refractivity contribution in [3.8, 4) is 0 Å². The van der Waals surface area contributed by atoms with Crippen LogP contribution in [0.25, 0.3) is 10.9 Å². The van der Waals surface area contributed by atoms with E-state index in [2.05, 4.69) is 16.0 Å². The molecule has 1 aromatic heterocycles. The van der Waals surface area contributed by atoms with Gasteiger partial charge >= 0.3 is 12.1 Å². The zero-order valence-electron chi connectivity index (χ0n) is 15.4. The molecule has 1 amide bonds. The van der Waals surface area contributed by atoms with Crippen molar-refractivity contribution in [2.24, 2.45) is 0 Å². The summed E-state index contributed by atoms with van der Waals surface area (Å²) in [6.45, 7) is 4.82. The number of alkyl carbamates (subject to hydrolysis) is 1. The zero-order valence-corrected chi connectivity index (χ0v) is 15.4. The Morgan fingerprint density at radius 2 is 2.04 bits per heavy atom. The zero-order chi connectivity index (χ0) is 18.5. The van der Waals surface area contributed by atoms with E-state index in [4.69, 9.17) is 9.47 Å². The Morgan fingerprint density at radius 1 is 1.23 bits per heavy atom. The average molecular weight is 358 g/mol. The molecule has 6 nitrogen and oxygen atoms in total. The summed E-state index contributed by atoms with van der Waals surface area (Å²) in [5.41, 5.74) is 3.41. The minimum atomic E-state index is -0.351. The van der Waals surface area contributed by atoms with Crippen molar-refractivity contribution in [2.45, 2.75) is 52.1 Å². The first kappa shape index (κ1) is 18.3. The summed E-state index contributed by atoms with van der Waals surface area (Å²) >= 11 is 0. The topological polar surface area (TPSA) is 69.6 Å². The number of ether oxygens (including phenoxy) is 2. The molecule has 0 radical (unpaired) electrons. The summed E-state index contributed by atoms with van der Waals surface area (Å²) in [6, 6.07) is 8.14. The number of amides is 1. The highest BCUT2D eigenvalue weighted by atomic mass is 16.5. The molecule has 1 aliphatic rings. The largest absolute Gasteiger partial charge is 0.465 e. The predicted octanol–water partition coefficient (Wildman–Crippen LogP) is 3.20. The van der Waals surface area contributed by atoms with Crippen LogP contribution in [0.2, 0.25) is 0 Å². The minimum Gasteiger partial charge on any atom is -0.465 e. The lowest BCUT2D eigenvalue weighted by atomic mass is 9.91. The molecule has 0 bridgehead atoms. The highest BCUT2D eigenvalue weighted by Crippen LogP contribution is 2.32. The van der Waals surface area contributed by atoms with Crippen molar-refractivity contribution < 1.29 is 19.1 Å². The molecule has 1 atom stereocenters. The van der Waals surface area contributed by atoms with Crippen LogP contribution in [0, 0.1) is 0 Å². The molecule has 26 heavy (non-hydrogen) atoms. The lowest BCUT2D eigenvalue weighted by Crippen LogP contribution is -2.39. The standard InChI is InChI=1S/C20H26N2O4/c1-3-11-26-20(24)21-14-9-10-18-16(12-14)15-7-5-6-8-17(15)22(18)13-19(23)25-4-2/h5-8,14H,3-4,9-13H2,1-2H3,(H,21,24)/t14-/m1/s1. The van der Waals surface area contributed by atoms with Crippen LogP contribution in [-0.2, 0) is 33.7 Å². The van der Waals surface area contributed by atoms with Gasteiger partial charge < -0.3 is 19.4 Å². The van der Waals surface area contributed by atoms with Gasteiger partial charge in [-0.15, -0.1) is 0 Å². The molecule has 1 N–H and O–H groups in total. The minimum absolute atomic E-state index is 0.0497. The second kappa shape index (κ2) is 8.25. The van der Waals surface area contributed by atoms with Crippen LogP contribution in [0.4, 0.5) is 4.79 Å². The van der Waals surface area contributed by atoms with Gasteiger partial charge in [-0.1, -0.05) is 25.1 Å². The molecular formula is C20H26N2O4. The van der Waals surface area contributed by atoms with E-state index in [0.717, 1.165) is 36.6 Å². The van der Waals surface area contributed by atoms with Gasteiger partial charge in [0.2, 0.25) is 0 Å². The molecular weight excluding hydrogens is 332 g/mol. The average Bonchev–Trinajstić information content (AvgIpc) is 2.94. The van der Waals surface area contributed by atoms with Gasteiger partial charge in [0.25, 0.3) is 0 Å². The molecule has 0 fully saturated rings. The normalized spacial score (nSPS) is 16.2. The maximum atomic E-state index is 12.0. The highest BCUT2D eigenvalue weighted by Gasteiger charge is 2.27. The first-order valence-electron chi connectivity index (χ1n) is 9.31. The third-order valence-corrected chi connectivity index (χ3v) is 4.73. The van der Waals surface area contributed by atoms with Gasteiger partial charge in [-0.05, 0) is 44.2 Å². The van der Waals surface area contributed by atoms with E-state index in [1.54, 1.807) is 0 Å². The van der Waals surface area contributed by atoms with Crippen LogP contribution in [0.1, 0.15) is 37.9 Å². The van der Waals surface area contributed by atoms with Crippen molar-refractivity contribution in [1.82, 2.24) is 9.88 Å². The smallest absolute Gasteiger partial charge is 0.407 e. The number of nitrogens with zero attached hydrogens (tertiary/aromatic N) is 1. The Morgan fingerprint density at radius 3 is 2.81 bits per heavy atom. The summed E-state index contributed by atoms with van der Waals surface area (Å²) in [4.78, 5) is 23.9. The molecule has 3 rings (SSSR count). The van der Waals surface area contributed by atoms with E-state index >= 15 is 0 Å². The predicted molar refractivity (Wildman–Crippen MR) is 99.2 cm³/mol. The Hall–Kier alpha value is -2.50. The summed E-state index contributed by atoms with van der Waals surface area (Å²) in [5.74, 6) is -0.223. The summed E-state index contributed by atoms with van der Waals surface area (Å²) in [7, 11) is 0. The number of carbonyl (C=O) groups excluding carboxylic acids is 2. The fraction of sp³-hybridized carbons (Fsp3) is 0.500. The number of benzene rings is 1. The first-order chi connectivity index (χ1) is 12.6. The van der Waals surface area contributed by atoms with Gasteiger partial charge in [0.05, 0.1) is 13.2 Å². The van der Waals surface area contributed by atoms with E-state index in [9.17, 15) is 9.59 Å². The maximum absolute atomic E-state index is 12.0. The molecule has 1 aliphatic carbocycles. The van der Waals surface area contributed by atoms with Gasteiger partial charge in [-0.2, -0.15) is 0 Å². The molecule has 6 heteroatoms. The van der Waals surface area contributed by atoms with Gasteiger partial charge in [0.1, 0.15) is 6.54 Å². The number of fused-ring (bicyclic) bond motifs is 3. The third-order valence-electron chi connectivity index (χ3n) is 4.73. The van der Waals surface area contributed by atoms with Gasteiger partial charge in [-0.25, -0.2) is 4.79 Å². The first-order valence-corrected chi connectivity index (χ1v) is 9.31. The third kappa shape index (κ3) is 3.84. The molecule has 0 saturated heterocycles. The van der Waals surface area contributed by atoms with Crippen LogP contribution < -0.4 is 5.32 Å².